The van der Waals surface area contributed by atoms with Crippen LogP contribution in [0.5, 0.6) is 0 Å². The molecule has 3 heterocycles. The van der Waals surface area contributed by atoms with Gasteiger partial charge in [0, 0.05) is 31.5 Å². The molecule has 144 valence electrons. The van der Waals surface area contributed by atoms with Gasteiger partial charge in [0.05, 0.1) is 17.4 Å². The molecule has 0 spiro atoms. The number of nitrogens with zero attached hydrogens (tertiary/aromatic N) is 3. The quantitative estimate of drug-likeness (QED) is 0.738. The van der Waals surface area contributed by atoms with Crippen LogP contribution >= 0.6 is 0 Å². The Morgan fingerprint density at radius 3 is 2.85 bits per heavy atom. The zero-order valence-electron chi connectivity index (χ0n) is 16.1. The van der Waals surface area contributed by atoms with Crippen LogP contribution in [0.1, 0.15) is 54.2 Å². The normalized spacial score (nSPS) is 21.7. The molecule has 0 aromatic carbocycles. The Kier molecular flexibility index (Phi) is 6.12. The molecule has 5 nitrogen and oxygen atoms in total. The summed E-state index contributed by atoms with van der Waals surface area (Å²) in [6.45, 7) is 3.79. The molecule has 2 atom stereocenters. The van der Waals surface area contributed by atoms with Gasteiger partial charge in [-0.2, -0.15) is 0 Å². The summed E-state index contributed by atoms with van der Waals surface area (Å²) in [7, 11) is 0. The molecular formula is C22H31N5. The summed E-state index contributed by atoms with van der Waals surface area (Å²) in [5.41, 5.74) is 11.1. The lowest BCUT2D eigenvalue weighted by molar-refractivity contribution is 0.150. The molecule has 1 aliphatic heterocycles. The van der Waals surface area contributed by atoms with Gasteiger partial charge in [0.15, 0.2) is 0 Å². The molecule has 4 rings (SSSR count). The predicted octanol–water partition coefficient (Wildman–Crippen LogP) is 2.61. The Morgan fingerprint density at radius 2 is 1.96 bits per heavy atom. The van der Waals surface area contributed by atoms with Gasteiger partial charge >= 0.3 is 0 Å². The fourth-order valence-corrected chi connectivity index (χ4v) is 4.58. The summed E-state index contributed by atoms with van der Waals surface area (Å²) in [5, 5.41) is 3.71. The summed E-state index contributed by atoms with van der Waals surface area (Å²) in [6, 6.07) is 9.52. The number of aryl methyl sites for hydroxylation is 1. The zero-order valence-corrected chi connectivity index (χ0v) is 16.1. The van der Waals surface area contributed by atoms with Crippen molar-refractivity contribution < 1.29 is 0 Å². The minimum Gasteiger partial charge on any atom is -0.330 e. The average molecular weight is 366 g/mol. The van der Waals surface area contributed by atoms with Gasteiger partial charge in [-0.3, -0.25) is 14.9 Å². The van der Waals surface area contributed by atoms with E-state index in [1.807, 2.05) is 12.4 Å². The molecule has 0 saturated heterocycles. The second-order valence-corrected chi connectivity index (χ2v) is 7.84. The molecule has 2 aliphatic rings. The molecule has 0 fully saturated rings. The van der Waals surface area contributed by atoms with Gasteiger partial charge in [-0.05, 0) is 74.9 Å². The minimum absolute atomic E-state index is 0.435. The van der Waals surface area contributed by atoms with Crippen molar-refractivity contribution >= 4 is 0 Å². The average Bonchev–Trinajstić information content (AvgIpc) is 2.73. The largest absolute Gasteiger partial charge is 0.330 e. The van der Waals surface area contributed by atoms with Crippen LogP contribution in [0.4, 0.5) is 0 Å². The van der Waals surface area contributed by atoms with Crippen molar-refractivity contribution in [3.63, 3.8) is 0 Å². The van der Waals surface area contributed by atoms with Crippen molar-refractivity contribution in [3.8, 4) is 0 Å². The number of fused-ring (bicyclic) bond motifs is 2. The summed E-state index contributed by atoms with van der Waals surface area (Å²) in [6.07, 6.45) is 10.8. The fourth-order valence-electron chi connectivity index (χ4n) is 4.58. The minimum atomic E-state index is 0.435. The van der Waals surface area contributed by atoms with E-state index in [0.717, 1.165) is 51.9 Å². The lowest BCUT2D eigenvalue weighted by atomic mass is 9.90. The SMILES string of the molecule is NCCCCN(C[C@H]1Cc2cccnc2CN1)[C@H]1CCCc2cccnc21. The Hall–Kier alpha value is -1.82. The van der Waals surface area contributed by atoms with E-state index in [2.05, 4.69) is 39.5 Å². The molecule has 2 aromatic heterocycles. The van der Waals surface area contributed by atoms with E-state index < -0.39 is 0 Å². The van der Waals surface area contributed by atoms with Crippen molar-refractivity contribution in [3.05, 3.63) is 59.2 Å². The molecule has 0 amide bonds. The Labute approximate surface area is 162 Å². The smallest absolute Gasteiger partial charge is 0.0607 e. The van der Waals surface area contributed by atoms with Crippen LogP contribution in [-0.4, -0.2) is 40.5 Å². The van der Waals surface area contributed by atoms with Crippen LogP contribution in [0.25, 0.3) is 0 Å². The highest BCUT2D eigenvalue weighted by molar-refractivity contribution is 5.26. The molecule has 5 heteroatoms. The van der Waals surface area contributed by atoms with Crippen LogP contribution in [0, 0.1) is 0 Å². The van der Waals surface area contributed by atoms with Crippen molar-refractivity contribution in [1.29, 1.82) is 0 Å². The standard InChI is InChI=1S/C22H31N5/c23-10-1-2-13-27(21-9-3-6-17-7-4-12-25-22(17)21)16-19-14-18-8-5-11-24-20(18)15-26-19/h4-5,7-8,11-12,19,21,26H,1-3,6,9-10,13-16,23H2/t19-,21+/m1/s1. The summed E-state index contributed by atoms with van der Waals surface area (Å²) < 4.78 is 0. The highest BCUT2D eigenvalue weighted by Crippen LogP contribution is 2.33. The zero-order chi connectivity index (χ0) is 18.5. The van der Waals surface area contributed by atoms with E-state index in [4.69, 9.17) is 10.7 Å². The van der Waals surface area contributed by atoms with E-state index in [9.17, 15) is 0 Å². The van der Waals surface area contributed by atoms with Crippen LogP contribution in [0.15, 0.2) is 36.7 Å². The molecule has 0 radical (unpaired) electrons. The highest BCUT2D eigenvalue weighted by atomic mass is 15.2. The van der Waals surface area contributed by atoms with Crippen molar-refractivity contribution in [1.82, 2.24) is 20.2 Å². The van der Waals surface area contributed by atoms with Gasteiger partial charge in [-0.25, -0.2) is 0 Å². The third-order valence-electron chi connectivity index (χ3n) is 5.97. The van der Waals surface area contributed by atoms with Gasteiger partial charge in [-0.1, -0.05) is 12.1 Å². The van der Waals surface area contributed by atoms with Gasteiger partial charge in [0.1, 0.15) is 0 Å². The van der Waals surface area contributed by atoms with Crippen LogP contribution in [0.3, 0.4) is 0 Å². The Bertz CT molecular complexity index is 747. The van der Waals surface area contributed by atoms with E-state index in [1.54, 1.807) is 0 Å². The molecule has 0 saturated carbocycles. The number of hydrogen-bond donors (Lipinski definition) is 2. The second kappa shape index (κ2) is 8.91. The lowest BCUT2D eigenvalue weighted by Crippen LogP contribution is -2.47. The molecule has 3 N–H and O–H groups in total. The molecule has 2 aromatic rings. The van der Waals surface area contributed by atoms with Crippen molar-refractivity contribution in [2.24, 2.45) is 5.73 Å². The lowest BCUT2D eigenvalue weighted by Gasteiger charge is -2.38. The number of nitrogens with two attached hydrogens (primary N) is 1. The molecule has 27 heavy (non-hydrogen) atoms. The first kappa shape index (κ1) is 18.5. The van der Waals surface area contributed by atoms with E-state index >= 15 is 0 Å². The van der Waals surface area contributed by atoms with E-state index in [0.29, 0.717) is 12.1 Å². The third kappa shape index (κ3) is 4.37. The van der Waals surface area contributed by atoms with Crippen LogP contribution in [0.2, 0.25) is 0 Å². The first-order chi connectivity index (χ1) is 13.3. The molecule has 1 aliphatic carbocycles. The predicted molar refractivity (Wildman–Crippen MR) is 108 cm³/mol. The van der Waals surface area contributed by atoms with Gasteiger partial charge in [0.25, 0.3) is 0 Å². The van der Waals surface area contributed by atoms with Gasteiger partial charge in [0.2, 0.25) is 0 Å². The maximum atomic E-state index is 5.76. The van der Waals surface area contributed by atoms with Gasteiger partial charge in [-0.15, -0.1) is 0 Å². The number of aromatic nitrogens is 2. The summed E-state index contributed by atoms with van der Waals surface area (Å²) >= 11 is 0. The Morgan fingerprint density at radius 1 is 1.11 bits per heavy atom. The molecular weight excluding hydrogens is 334 g/mol. The fraction of sp³-hybridized carbons (Fsp3) is 0.545. The van der Waals surface area contributed by atoms with Crippen LogP contribution in [-0.2, 0) is 19.4 Å². The highest BCUT2D eigenvalue weighted by Gasteiger charge is 2.29. The number of pyridine rings is 2. The number of hydrogen-bond acceptors (Lipinski definition) is 5. The topological polar surface area (TPSA) is 67.1 Å². The van der Waals surface area contributed by atoms with Crippen molar-refractivity contribution in [2.75, 3.05) is 19.6 Å². The maximum Gasteiger partial charge on any atom is 0.0607 e. The summed E-state index contributed by atoms with van der Waals surface area (Å²) in [4.78, 5) is 12.0. The third-order valence-corrected chi connectivity index (χ3v) is 5.97. The first-order valence-electron chi connectivity index (χ1n) is 10.4. The molecule has 0 unspecified atom stereocenters. The number of rotatable bonds is 7. The maximum absolute atomic E-state index is 5.76. The Balaban J connectivity index is 1.50. The number of nitrogens with one attached hydrogen (secondary N) is 1. The first-order valence-corrected chi connectivity index (χ1v) is 10.4. The monoisotopic (exact) mass is 365 g/mol. The summed E-state index contributed by atoms with van der Waals surface area (Å²) in [5.74, 6) is 0. The van der Waals surface area contributed by atoms with E-state index in [-0.39, 0.29) is 0 Å². The van der Waals surface area contributed by atoms with E-state index in [1.165, 1.54) is 35.4 Å². The van der Waals surface area contributed by atoms with Gasteiger partial charge < -0.3 is 11.1 Å². The second-order valence-electron chi connectivity index (χ2n) is 7.84. The molecule has 0 bridgehead atoms. The number of unbranched alkanes of at least 4 members (excludes halogenated alkanes) is 1. The van der Waals surface area contributed by atoms with Crippen molar-refractivity contribution in [2.45, 2.75) is 57.2 Å². The van der Waals surface area contributed by atoms with Crippen LogP contribution < -0.4 is 11.1 Å².